The van der Waals surface area contributed by atoms with E-state index in [1.807, 2.05) is 11.3 Å². The van der Waals surface area contributed by atoms with E-state index in [-0.39, 0.29) is 5.91 Å². The number of piperazine rings is 1. The number of anilines is 1. The largest absolute Gasteiger partial charge is 0.324 e. The third-order valence-electron chi connectivity index (χ3n) is 4.80. The molecule has 1 N–H and O–H groups in total. The van der Waals surface area contributed by atoms with E-state index < -0.39 is 0 Å². The predicted molar refractivity (Wildman–Crippen MR) is 105 cm³/mol. The Kier molecular flexibility index (Phi) is 6.24. The Balaban J connectivity index is 1.48. The van der Waals surface area contributed by atoms with Gasteiger partial charge in [0.05, 0.1) is 6.54 Å². The lowest BCUT2D eigenvalue weighted by Gasteiger charge is -2.34. The maximum atomic E-state index is 12.5. The molecule has 1 aliphatic heterocycles. The van der Waals surface area contributed by atoms with Gasteiger partial charge in [-0.3, -0.25) is 14.6 Å². The fourth-order valence-electron chi connectivity index (χ4n) is 3.31. The minimum atomic E-state index is 0.0932. The highest BCUT2D eigenvalue weighted by molar-refractivity contribution is 7.09. The van der Waals surface area contributed by atoms with Crippen molar-refractivity contribution in [3.63, 3.8) is 0 Å². The lowest BCUT2D eigenvalue weighted by Crippen LogP contribution is -2.48. The Hall–Kier alpha value is -1.69. The molecule has 1 saturated heterocycles. The summed E-state index contributed by atoms with van der Waals surface area (Å²) in [4.78, 5) is 18.6. The number of carbonyl (C=O) groups is 1. The molecule has 2 aromatic rings. The Bertz CT molecular complexity index is 691. The molecule has 0 atom stereocenters. The second kappa shape index (κ2) is 8.61. The molecule has 1 amide bonds. The zero-order valence-corrected chi connectivity index (χ0v) is 15.9. The number of carbonyl (C=O) groups excluding carboxylic acids is 1. The molecule has 1 aliphatic rings. The molecule has 3 rings (SSSR count). The number of hydrogen-bond donors (Lipinski definition) is 1. The number of nitrogens with one attached hydrogen (secondary N) is 1. The van der Waals surface area contributed by atoms with Crippen LogP contribution in [0.5, 0.6) is 0 Å². The molecule has 0 aliphatic carbocycles. The SMILES string of the molecule is CCc1cccc(C)c1NC(=O)CN1CCN(Cc2cccs2)CC1. The normalized spacial score (nSPS) is 16.1. The number of nitrogens with zero attached hydrogens (tertiary/aromatic N) is 2. The van der Waals surface area contributed by atoms with Crippen LogP contribution in [0.15, 0.2) is 35.7 Å². The molecule has 25 heavy (non-hydrogen) atoms. The number of hydrogen-bond acceptors (Lipinski definition) is 4. The quantitative estimate of drug-likeness (QED) is 0.861. The van der Waals surface area contributed by atoms with E-state index in [1.165, 1.54) is 10.4 Å². The second-order valence-electron chi connectivity index (χ2n) is 6.64. The summed E-state index contributed by atoms with van der Waals surface area (Å²) < 4.78 is 0. The summed E-state index contributed by atoms with van der Waals surface area (Å²) in [6.07, 6.45) is 0.929. The smallest absolute Gasteiger partial charge is 0.238 e. The van der Waals surface area contributed by atoms with Crippen LogP contribution in [0.2, 0.25) is 0 Å². The van der Waals surface area contributed by atoms with Gasteiger partial charge < -0.3 is 5.32 Å². The van der Waals surface area contributed by atoms with Gasteiger partial charge in [-0.1, -0.05) is 31.2 Å². The van der Waals surface area contributed by atoms with Gasteiger partial charge in [0.25, 0.3) is 0 Å². The minimum Gasteiger partial charge on any atom is -0.324 e. The molecule has 4 nitrogen and oxygen atoms in total. The molecule has 134 valence electrons. The third kappa shape index (κ3) is 4.91. The second-order valence-corrected chi connectivity index (χ2v) is 7.67. The van der Waals surface area contributed by atoms with E-state index >= 15 is 0 Å². The minimum absolute atomic E-state index is 0.0932. The van der Waals surface area contributed by atoms with E-state index in [0.29, 0.717) is 6.54 Å². The molecule has 1 fully saturated rings. The standard InChI is InChI=1S/C20H27N3OS/c1-3-17-7-4-6-16(2)20(17)21-19(24)15-23-11-9-22(10-12-23)14-18-8-5-13-25-18/h4-8,13H,3,9-12,14-15H2,1-2H3,(H,21,24). The summed E-state index contributed by atoms with van der Waals surface area (Å²) in [5.74, 6) is 0.0932. The summed E-state index contributed by atoms with van der Waals surface area (Å²) in [5.41, 5.74) is 3.33. The average Bonchev–Trinajstić information content (AvgIpc) is 3.11. The Morgan fingerprint density at radius 3 is 2.56 bits per heavy atom. The summed E-state index contributed by atoms with van der Waals surface area (Å²) in [6, 6.07) is 10.5. The fraction of sp³-hybridized carbons (Fsp3) is 0.450. The Labute approximate surface area is 154 Å². The van der Waals surface area contributed by atoms with E-state index in [1.54, 1.807) is 0 Å². The van der Waals surface area contributed by atoms with Crippen LogP contribution in [0.4, 0.5) is 5.69 Å². The number of thiophene rings is 1. The molecule has 0 bridgehead atoms. The van der Waals surface area contributed by atoms with Gasteiger partial charge in [0.2, 0.25) is 5.91 Å². The van der Waals surface area contributed by atoms with Crippen molar-refractivity contribution in [2.75, 3.05) is 38.0 Å². The Morgan fingerprint density at radius 1 is 1.12 bits per heavy atom. The molecule has 0 spiro atoms. The van der Waals surface area contributed by atoms with Gasteiger partial charge in [0.1, 0.15) is 0 Å². The van der Waals surface area contributed by atoms with Crippen LogP contribution in [0.1, 0.15) is 22.9 Å². The fourth-order valence-corrected chi connectivity index (χ4v) is 4.06. The lowest BCUT2D eigenvalue weighted by molar-refractivity contribution is -0.117. The molecule has 0 saturated carbocycles. The molecule has 5 heteroatoms. The molecule has 1 aromatic heterocycles. The van der Waals surface area contributed by atoms with Crippen LogP contribution in [0, 0.1) is 6.92 Å². The van der Waals surface area contributed by atoms with Gasteiger partial charge in [-0.05, 0) is 35.9 Å². The van der Waals surface area contributed by atoms with Crippen molar-refractivity contribution in [2.24, 2.45) is 0 Å². The first-order chi connectivity index (χ1) is 12.2. The monoisotopic (exact) mass is 357 g/mol. The molecule has 1 aromatic carbocycles. The van der Waals surface area contributed by atoms with Gasteiger partial charge >= 0.3 is 0 Å². The first-order valence-electron chi connectivity index (χ1n) is 9.01. The average molecular weight is 358 g/mol. The maximum absolute atomic E-state index is 12.5. The number of para-hydroxylation sites is 1. The molecular weight excluding hydrogens is 330 g/mol. The predicted octanol–water partition coefficient (Wildman–Crippen LogP) is 3.38. The summed E-state index contributed by atoms with van der Waals surface area (Å²) in [5, 5.41) is 5.26. The maximum Gasteiger partial charge on any atom is 0.238 e. The van der Waals surface area contributed by atoms with Crippen LogP contribution in [-0.4, -0.2) is 48.4 Å². The highest BCUT2D eigenvalue weighted by atomic mass is 32.1. The zero-order valence-electron chi connectivity index (χ0n) is 15.1. The van der Waals surface area contributed by atoms with E-state index in [9.17, 15) is 4.79 Å². The first kappa shape index (κ1) is 18.1. The van der Waals surface area contributed by atoms with Gasteiger partial charge in [0.15, 0.2) is 0 Å². The van der Waals surface area contributed by atoms with Gasteiger partial charge in [-0.2, -0.15) is 0 Å². The summed E-state index contributed by atoms with van der Waals surface area (Å²) in [6.45, 7) is 9.63. The zero-order chi connectivity index (χ0) is 17.6. The van der Waals surface area contributed by atoms with E-state index in [0.717, 1.165) is 50.4 Å². The number of amides is 1. The third-order valence-corrected chi connectivity index (χ3v) is 5.66. The van der Waals surface area contributed by atoms with Crippen molar-refractivity contribution in [2.45, 2.75) is 26.8 Å². The van der Waals surface area contributed by atoms with Crippen molar-refractivity contribution in [1.29, 1.82) is 0 Å². The summed E-state index contributed by atoms with van der Waals surface area (Å²) >= 11 is 1.81. The topological polar surface area (TPSA) is 35.6 Å². The first-order valence-corrected chi connectivity index (χ1v) is 9.89. The van der Waals surface area contributed by atoms with Crippen LogP contribution in [0.25, 0.3) is 0 Å². The highest BCUT2D eigenvalue weighted by Gasteiger charge is 2.19. The van der Waals surface area contributed by atoms with Crippen molar-refractivity contribution in [3.8, 4) is 0 Å². The van der Waals surface area contributed by atoms with Gasteiger partial charge in [-0.15, -0.1) is 11.3 Å². The van der Waals surface area contributed by atoms with Crippen LogP contribution >= 0.6 is 11.3 Å². The Morgan fingerprint density at radius 2 is 1.88 bits per heavy atom. The number of aryl methyl sites for hydroxylation is 2. The molecular formula is C20H27N3OS. The van der Waals surface area contributed by atoms with Crippen LogP contribution < -0.4 is 5.32 Å². The van der Waals surface area contributed by atoms with Crippen molar-refractivity contribution >= 4 is 22.9 Å². The van der Waals surface area contributed by atoms with Crippen LogP contribution in [0.3, 0.4) is 0 Å². The number of rotatable bonds is 6. The van der Waals surface area contributed by atoms with Crippen molar-refractivity contribution in [1.82, 2.24) is 9.80 Å². The van der Waals surface area contributed by atoms with Crippen LogP contribution in [-0.2, 0) is 17.8 Å². The summed E-state index contributed by atoms with van der Waals surface area (Å²) in [7, 11) is 0. The highest BCUT2D eigenvalue weighted by Crippen LogP contribution is 2.21. The van der Waals surface area contributed by atoms with Gasteiger partial charge in [0, 0.05) is 43.3 Å². The van der Waals surface area contributed by atoms with Crippen molar-refractivity contribution < 1.29 is 4.79 Å². The molecule has 2 heterocycles. The van der Waals surface area contributed by atoms with Gasteiger partial charge in [-0.25, -0.2) is 0 Å². The van der Waals surface area contributed by atoms with E-state index in [2.05, 4.69) is 64.7 Å². The van der Waals surface area contributed by atoms with E-state index in [4.69, 9.17) is 0 Å². The number of benzene rings is 1. The molecule has 0 radical (unpaired) electrons. The molecule has 0 unspecified atom stereocenters. The lowest BCUT2D eigenvalue weighted by atomic mass is 10.1. The van der Waals surface area contributed by atoms with Crippen molar-refractivity contribution in [3.05, 3.63) is 51.7 Å².